The van der Waals surface area contributed by atoms with Gasteiger partial charge in [-0.3, -0.25) is 0 Å². The second-order valence-electron chi connectivity index (χ2n) is 3.84. The van der Waals surface area contributed by atoms with Gasteiger partial charge in [-0.25, -0.2) is 0 Å². The van der Waals surface area contributed by atoms with Gasteiger partial charge in [0.2, 0.25) is 0 Å². The molecule has 0 aromatic heterocycles. The van der Waals surface area contributed by atoms with Crippen molar-refractivity contribution in [2.24, 2.45) is 28.7 Å². The number of nitrogens with zero attached hydrogens (tertiary/aromatic N) is 1. The van der Waals surface area contributed by atoms with E-state index in [1.165, 1.54) is 19.3 Å². The molecule has 0 radical (unpaired) electrons. The van der Waals surface area contributed by atoms with Gasteiger partial charge in [0.25, 0.3) is 0 Å². The molecule has 0 spiro atoms. The molecule has 1 aliphatic rings. The van der Waals surface area contributed by atoms with Crippen LogP contribution in [0, 0.1) is 17.8 Å². The highest BCUT2D eigenvalue weighted by atomic mass is 15.1. The Morgan fingerprint density at radius 2 is 2.27 bits per heavy atom. The molecule has 0 heterocycles. The summed E-state index contributed by atoms with van der Waals surface area (Å²) >= 11 is 0. The lowest BCUT2D eigenvalue weighted by Crippen LogP contribution is -2.10. The van der Waals surface area contributed by atoms with E-state index in [0.717, 1.165) is 11.8 Å². The van der Waals surface area contributed by atoms with E-state index in [2.05, 4.69) is 18.9 Å². The van der Waals surface area contributed by atoms with E-state index in [0.29, 0.717) is 5.92 Å². The Hall–Kier alpha value is -0.530. The largest absolute Gasteiger partial charge is 0.324 e. The third-order valence-electron chi connectivity index (χ3n) is 2.80. The molecule has 1 rings (SSSR count). The normalized spacial score (nSPS) is 34.7. The van der Waals surface area contributed by atoms with Crippen LogP contribution in [0.25, 0.3) is 0 Å². The number of hydrazone groups is 1. The zero-order valence-corrected chi connectivity index (χ0v) is 7.46. The van der Waals surface area contributed by atoms with Crippen molar-refractivity contribution >= 4 is 6.21 Å². The van der Waals surface area contributed by atoms with Gasteiger partial charge in [-0.15, -0.1) is 0 Å². The lowest BCUT2D eigenvalue weighted by Gasteiger charge is -2.13. The first-order valence-corrected chi connectivity index (χ1v) is 4.47. The maximum absolute atomic E-state index is 5.10. The number of rotatable bonds is 2. The lowest BCUT2D eigenvalue weighted by atomic mass is 9.93. The maximum atomic E-state index is 5.10. The molecule has 0 saturated heterocycles. The van der Waals surface area contributed by atoms with Crippen LogP contribution in [0.2, 0.25) is 0 Å². The van der Waals surface area contributed by atoms with Crippen LogP contribution in [0.15, 0.2) is 5.10 Å². The molecule has 64 valence electrons. The third-order valence-corrected chi connectivity index (χ3v) is 2.80. The molecule has 11 heavy (non-hydrogen) atoms. The molecule has 3 unspecified atom stereocenters. The first-order valence-electron chi connectivity index (χ1n) is 4.47. The van der Waals surface area contributed by atoms with E-state index in [1.54, 1.807) is 0 Å². The minimum Gasteiger partial charge on any atom is -0.324 e. The first-order chi connectivity index (χ1) is 5.24. The van der Waals surface area contributed by atoms with Gasteiger partial charge in [-0.2, -0.15) is 5.10 Å². The molecule has 1 fully saturated rings. The molecule has 2 heteroatoms. The second kappa shape index (κ2) is 3.74. The molecule has 0 aromatic rings. The van der Waals surface area contributed by atoms with Gasteiger partial charge in [0.05, 0.1) is 0 Å². The Balaban J connectivity index is 2.36. The standard InChI is InChI=1S/C9H18N2/c1-7-3-4-9(5-7)8(2)6-11-10/h6-9H,3-5,10H2,1-2H3/b11-6+. The summed E-state index contributed by atoms with van der Waals surface area (Å²) in [7, 11) is 0. The van der Waals surface area contributed by atoms with Gasteiger partial charge in [0, 0.05) is 6.21 Å². The highest BCUT2D eigenvalue weighted by molar-refractivity contribution is 5.60. The van der Waals surface area contributed by atoms with E-state index >= 15 is 0 Å². The molecule has 2 N–H and O–H groups in total. The zero-order chi connectivity index (χ0) is 8.27. The summed E-state index contributed by atoms with van der Waals surface area (Å²) in [6.07, 6.45) is 5.97. The molecule has 1 aliphatic carbocycles. The zero-order valence-electron chi connectivity index (χ0n) is 7.46. The van der Waals surface area contributed by atoms with Crippen LogP contribution < -0.4 is 5.84 Å². The van der Waals surface area contributed by atoms with E-state index in [1.807, 2.05) is 6.21 Å². The summed E-state index contributed by atoms with van der Waals surface area (Å²) in [6.45, 7) is 4.53. The van der Waals surface area contributed by atoms with Crippen LogP contribution in [0.4, 0.5) is 0 Å². The van der Waals surface area contributed by atoms with Crippen molar-refractivity contribution in [2.75, 3.05) is 0 Å². The molecule has 0 aromatic carbocycles. The summed E-state index contributed by atoms with van der Waals surface area (Å²) < 4.78 is 0. The van der Waals surface area contributed by atoms with Crippen LogP contribution in [0.1, 0.15) is 33.1 Å². The predicted molar refractivity (Wildman–Crippen MR) is 48.3 cm³/mol. The van der Waals surface area contributed by atoms with Crippen molar-refractivity contribution in [3.05, 3.63) is 0 Å². The van der Waals surface area contributed by atoms with Gasteiger partial charge in [0.1, 0.15) is 0 Å². The van der Waals surface area contributed by atoms with Crippen molar-refractivity contribution in [1.29, 1.82) is 0 Å². The van der Waals surface area contributed by atoms with Gasteiger partial charge >= 0.3 is 0 Å². The molecular weight excluding hydrogens is 136 g/mol. The minimum absolute atomic E-state index is 0.574. The fourth-order valence-corrected chi connectivity index (χ4v) is 1.99. The van der Waals surface area contributed by atoms with Crippen LogP contribution >= 0.6 is 0 Å². The van der Waals surface area contributed by atoms with Crippen molar-refractivity contribution in [2.45, 2.75) is 33.1 Å². The topological polar surface area (TPSA) is 38.4 Å². The van der Waals surface area contributed by atoms with Crippen molar-refractivity contribution in [3.63, 3.8) is 0 Å². The molecular formula is C9H18N2. The van der Waals surface area contributed by atoms with Gasteiger partial charge < -0.3 is 5.84 Å². The first kappa shape index (κ1) is 8.57. The summed E-state index contributed by atoms with van der Waals surface area (Å²) in [5, 5.41) is 3.58. The van der Waals surface area contributed by atoms with Gasteiger partial charge in [0.15, 0.2) is 0 Å². The quantitative estimate of drug-likeness (QED) is 0.369. The number of nitrogens with two attached hydrogens (primary N) is 1. The summed E-state index contributed by atoms with van der Waals surface area (Å²) in [5.41, 5.74) is 0. The smallest absolute Gasteiger partial charge is 0.0271 e. The fourth-order valence-electron chi connectivity index (χ4n) is 1.99. The van der Waals surface area contributed by atoms with E-state index in [9.17, 15) is 0 Å². The average Bonchev–Trinajstić information content (AvgIpc) is 2.36. The Labute approximate surface area is 68.9 Å². The Morgan fingerprint density at radius 3 is 2.73 bits per heavy atom. The second-order valence-corrected chi connectivity index (χ2v) is 3.84. The number of hydrogen-bond donors (Lipinski definition) is 1. The number of hydrogen-bond acceptors (Lipinski definition) is 2. The summed E-state index contributed by atoms with van der Waals surface area (Å²) in [4.78, 5) is 0. The van der Waals surface area contributed by atoms with Crippen molar-refractivity contribution in [3.8, 4) is 0 Å². The Kier molecular flexibility index (Phi) is 2.92. The van der Waals surface area contributed by atoms with E-state index in [-0.39, 0.29) is 0 Å². The lowest BCUT2D eigenvalue weighted by molar-refractivity contribution is 0.444. The third kappa shape index (κ3) is 2.21. The van der Waals surface area contributed by atoms with Crippen LogP contribution in [-0.2, 0) is 0 Å². The molecule has 2 nitrogen and oxygen atoms in total. The van der Waals surface area contributed by atoms with Crippen LogP contribution in [-0.4, -0.2) is 6.21 Å². The average molecular weight is 154 g/mol. The maximum Gasteiger partial charge on any atom is 0.0271 e. The van der Waals surface area contributed by atoms with Gasteiger partial charge in [-0.1, -0.05) is 20.3 Å². The van der Waals surface area contributed by atoms with Crippen LogP contribution in [0.3, 0.4) is 0 Å². The van der Waals surface area contributed by atoms with Crippen molar-refractivity contribution in [1.82, 2.24) is 0 Å². The highest BCUT2D eigenvalue weighted by Gasteiger charge is 2.24. The molecule has 0 aliphatic heterocycles. The Morgan fingerprint density at radius 1 is 1.55 bits per heavy atom. The van der Waals surface area contributed by atoms with Gasteiger partial charge in [-0.05, 0) is 30.6 Å². The highest BCUT2D eigenvalue weighted by Crippen LogP contribution is 2.34. The fraction of sp³-hybridized carbons (Fsp3) is 0.889. The Bertz CT molecular complexity index is 142. The summed E-state index contributed by atoms with van der Waals surface area (Å²) in [5.74, 6) is 7.42. The summed E-state index contributed by atoms with van der Waals surface area (Å²) in [6, 6.07) is 0. The SMILES string of the molecule is CC1CCC(C(C)/C=N/N)C1. The monoisotopic (exact) mass is 154 g/mol. The van der Waals surface area contributed by atoms with Crippen molar-refractivity contribution < 1.29 is 0 Å². The molecule has 1 saturated carbocycles. The molecule has 3 atom stereocenters. The van der Waals surface area contributed by atoms with E-state index < -0.39 is 0 Å². The van der Waals surface area contributed by atoms with Crippen LogP contribution in [0.5, 0.6) is 0 Å². The van der Waals surface area contributed by atoms with E-state index in [4.69, 9.17) is 5.84 Å². The molecule has 0 amide bonds. The minimum atomic E-state index is 0.574. The predicted octanol–water partition coefficient (Wildman–Crippen LogP) is 2.00. The molecule has 0 bridgehead atoms.